The molecular weight excluding hydrogens is 186 g/mol. The number of nitrogens with two attached hydrogens (primary N) is 1. The molecule has 2 rings (SSSR count). The predicted octanol–water partition coefficient (Wildman–Crippen LogP) is 1.88. The van der Waals surface area contributed by atoms with E-state index >= 15 is 0 Å². The molecule has 2 aliphatic carbocycles. The van der Waals surface area contributed by atoms with Gasteiger partial charge in [0.05, 0.1) is 6.04 Å². The van der Waals surface area contributed by atoms with Crippen molar-refractivity contribution in [3.63, 3.8) is 0 Å². The molecule has 0 spiro atoms. The molecule has 2 atom stereocenters. The van der Waals surface area contributed by atoms with Crippen molar-refractivity contribution in [3.8, 4) is 0 Å². The Bertz CT molecular complexity index is 235. The zero-order chi connectivity index (χ0) is 10.8. The molecule has 0 saturated heterocycles. The van der Waals surface area contributed by atoms with E-state index in [0.29, 0.717) is 18.0 Å². The van der Waals surface area contributed by atoms with Crippen molar-refractivity contribution in [2.45, 2.75) is 58.0 Å². The smallest absolute Gasteiger partial charge is 0.189 e. The number of nitrogens with zero attached hydrogens (tertiary/aromatic N) is 1. The van der Waals surface area contributed by atoms with E-state index in [1.807, 2.05) is 0 Å². The maximum atomic E-state index is 5.88. The Labute approximate surface area is 92.5 Å². The van der Waals surface area contributed by atoms with Crippen molar-refractivity contribution in [2.75, 3.05) is 0 Å². The van der Waals surface area contributed by atoms with Crippen LogP contribution in [0.4, 0.5) is 0 Å². The van der Waals surface area contributed by atoms with Crippen LogP contribution >= 0.6 is 0 Å². The van der Waals surface area contributed by atoms with E-state index in [-0.39, 0.29) is 0 Å². The summed E-state index contributed by atoms with van der Waals surface area (Å²) >= 11 is 0. The first-order valence-electron chi connectivity index (χ1n) is 6.23. The first kappa shape index (κ1) is 10.8. The molecule has 2 aliphatic rings. The lowest BCUT2D eigenvalue weighted by Gasteiger charge is -2.32. The summed E-state index contributed by atoms with van der Waals surface area (Å²) in [5.41, 5.74) is 5.88. The summed E-state index contributed by atoms with van der Waals surface area (Å²) < 4.78 is 0. The molecule has 2 unspecified atom stereocenters. The summed E-state index contributed by atoms with van der Waals surface area (Å²) in [6.07, 6.45) is 6.29. The molecule has 2 saturated carbocycles. The van der Waals surface area contributed by atoms with E-state index in [1.54, 1.807) is 0 Å². The minimum atomic E-state index is 0.524. The monoisotopic (exact) mass is 209 g/mol. The Hall–Kier alpha value is -0.730. The highest BCUT2D eigenvalue weighted by Crippen LogP contribution is 2.28. The number of aliphatic imine (C=N–C) groups is 1. The van der Waals surface area contributed by atoms with E-state index in [2.05, 4.69) is 24.2 Å². The fourth-order valence-electron chi connectivity index (χ4n) is 2.71. The molecule has 3 N–H and O–H groups in total. The van der Waals surface area contributed by atoms with Gasteiger partial charge in [-0.1, -0.05) is 13.8 Å². The molecule has 2 fully saturated rings. The van der Waals surface area contributed by atoms with E-state index < -0.39 is 0 Å². The summed E-state index contributed by atoms with van der Waals surface area (Å²) in [7, 11) is 0. The van der Waals surface area contributed by atoms with Crippen LogP contribution in [-0.2, 0) is 0 Å². The number of nitrogens with one attached hydrogen (secondary N) is 1. The van der Waals surface area contributed by atoms with Crippen LogP contribution in [0.5, 0.6) is 0 Å². The zero-order valence-electron chi connectivity index (χ0n) is 9.87. The molecule has 0 radical (unpaired) electrons. The van der Waals surface area contributed by atoms with Gasteiger partial charge in [0, 0.05) is 6.04 Å². The van der Waals surface area contributed by atoms with Gasteiger partial charge >= 0.3 is 0 Å². The first-order valence-corrected chi connectivity index (χ1v) is 6.23. The lowest BCUT2D eigenvalue weighted by molar-refractivity contribution is 0.255. The normalized spacial score (nSPS) is 37.7. The predicted molar refractivity (Wildman–Crippen MR) is 63.7 cm³/mol. The molecule has 0 aromatic heterocycles. The second kappa shape index (κ2) is 4.42. The second-order valence-corrected chi connectivity index (χ2v) is 5.50. The minimum absolute atomic E-state index is 0.524. The largest absolute Gasteiger partial charge is 0.370 e. The van der Waals surface area contributed by atoms with Gasteiger partial charge in [-0.2, -0.15) is 0 Å². The van der Waals surface area contributed by atoms with Crippen molar-refractivity contribution in [1.29, 1.82) is 0 Å². The molecule has 15 heavy (non-hydrogen) atoms. The summed E-state index contributed by atoms with van der Waals surface area (Å²) in [6, 6.07) is 1.07. The summed E-state index contributed by atoms with van der Waals surface area (Å²) in [4.78, 5) is 4.42. The highest BCUT2D eigenvalue weighted by molar-refractivity contribution is 5.78. The first-order chi connectivity index (χ1) is 7.13. The number of rotatable bonds is 2. The number of guanidine groups is 1. The molecule has 0 aromatic rings. The summed E-state index contributed by atoms with van der Waals surface area (Å²) in [5.74, 6) is 2.31. The second-order valence-electron chi connectivity index (χ2n) is 5.50. The van der Waals surface area contributed by atoms with Gasteiger partial charge in [-0.25, -0.2) is 0 Å². The van der Waals surface area contributed by atoms with Crippen LogP contribution in [0, 0.1) is 11.8 Å². The minimum Gasteiger partial charge on any atom is -0.370 e. The maximum absolute atomic E-state index is 5.88. The molecule has 0 heterocycles. The van der Waals surface area contributed by atoms with Crippen LogP contribution in [0.2, 0.25) is 0 Å². The van der Waals surface area contributed by atoms with Crippen LogP contribution in [0.1, 0.15) is 46.0 Å². The highest BCUT2D eigenvalue weighted by atomic mass is 15.1. The van der Waals surface area contributed by atoms with Crippen LogP contribution in [0.3, 0.4) is 0 Å². The van der Waals surface area contributed by atoms with Crippen LogP contribution < -0.4 is 11.1 Å². The van der Waals surface area contributed by atoms with Crippen molar-refractivity contribution < 1.29 is 0 Å². The van der Waals surface area contributed by atoms with Gasteiger partial charge in [-0.05, 0) is 43.9 Å². The Kier molecular flexibility index (Phi) is 3.17. The molecule has 3 heteroatoms. The van der Waals surface area contributed by atoms with E-state index in [1.165, 1.54) is 32.1 Å². The average Bonchev–Trinajstić information content (AvgIpc) is 2.85. The molecule has 0 aliphatic heterocycles. The van der Waals surface area contributed by atoms with Gasteiger partial charge in [0.15, 0.2) is 5.96 Å². The van der Waals surface area contributed by atoms with Crippen LogP contribution in [-0.4, -0.2) is 18.0 Å². The van der Waals surface area contributed by atoms with Crippen LogP contribution in [0.25, 0.3) is 0 Å². The Morgan fingerprint density at radius 2 is 1.73 bits per heavy atom. The number of hydrogen-bond acceptors (Lipinski definition) is 1. The fourth-order valence-corrected chi connectivity index (χ4v) is 2.71. The van der Waals surface area contributed by atoms with Gasteiger partial charge < -0.3 is 11.1 Å². The Morgan fingerprint density at radius 1 is 1.13 bits per heavy atom. The van der Waals surface area contributed by atoms with Crippen molar-refractivity contribution in [3.05, 3.63) is 0 Å². The summed E-state index contributed by atoms with van der Waals surface area (Å²) in [5, 5.41) is 3.38. The zero-order valence-corrected chi connectivity index (χ0v) is 9.87. The third-order valence-corrected chi connectivity index (χ3v) is 3.40. The molecule has 0 amide bonds. The van der Waals surface area contributed by atoms with E-state index in [0.717, 1.165) is 11.8 Å². The molecule has 3 nitrogen and oxygen atoms in total. The maximum Gasteiger partial charge on any atom is 0.189 e. The van der Waals surface area contributed by atoms with Crippen molar-refractivity contribution in [2.24, 2.45) is 22.6 Å². The van der Waals surface area contributed by atoms with E-state index in [9.17, 15) is 0 Å². The van der Waals surface area contributed by atoms with Gasteiger partial charge in [0.25, 0.3) is 0 Å². The molecule has 86 valence electrons. The van der Waals surface area contributed by atoms with Gasteiger partial charge in [0.2, 0.25) is 0 Å². The SMILES string of the molecule is CC1CC(C)CC(NC(N)=NC2CC2)C1. The van der Waals surface area contributed by atoms with E-state index in [4.69, 9.17) is 5.73 Å². The van der Waals surface area contributed by atoms with Gasteiger partial charge in [0.1, 0.15) is 0 Å². The van der Waals surface area contributed by atoms with Crippen molar-refractivity contribution >= 4 is 5.96 Å². The lowest BCUT2D eigenvalue weighted by atomic mass is 9.80. The molecule has 0 aromatic carbocycles. The fraction of sp³-hybridized carbons (Fsp3) is 0.917. The molecule has 0 bridgehead atoms. The standard InChI is InChI=1S/C12H23N3/c1-8-5-9(2)7-11(6-8)15-12(13)14-10-3-4-10/h8-11H,3-7H2,1-2H3,(H3,13,14,15). The third kappa shape index (κ3) is 3.40. The van der Waals surface area contributed by atoms with Gasteiger partial charge in [-0.3, -0.25) is 4.99 Å². The summed E-state index contributed by atoms with van der Waals surface area (Å²) in [6.45, 7) is 4.66. The van der Waals surface area contributed by atoms with Crippen molar-refractivity contribution in [1.82, 2.24) is 5.32 Å². The molecular formula is C12H23N3. The lowest BCUT2D eigenvalue weighted by Crippen LogP contribution is -2.43. The average molecular weight is 209 g/mol. The Balaban J connectivity index is 1.82. The number of hydrogen-bond donors (Lipinski definition) is 2. The topological polar surface area (TPSA) is 50.4 Å². The highest BCUT2D eigenvalue weighted by Gasteiger charge is 2.25. The third-order valence-electron chi connectivity index (χ3n) is 3.40. The van der Waals surface area contributed by atoms with Gasteiger partial charge in [-0.15, -0.1) is 0 Å². The quantitative estimate of drug-likeness (QED) is 0.539. The van der Waals surface area contributed by atoms with Crippen LogP contribution in [0.15, 0.2) is 4.99 Å². The Morgan fingerprint density at radius 3 is 2.27 bits per heavy atom.